The fourth-order valence-corrected chi connectivity index (χ4v) is 1.62. The predicted molar refractivity (Wildman–Crippen MR) is 48.4 cm³/mol. The van der Waals surface area contributed by atoms with Gasteiger partial charge in [0.25, 0.3) is 0 Å². The molecule has 1 aliphatic rings. The van der Waals surface area contributed by atoms with E-state index >= 15 is 0 Å². The number of carbonyl (C=O) groups excluding carboxylic acids is 1. The molecule has 0 aromatic rings. The van der Waals surface area contributed by atoms with Crippen molar-refractivity contribution in [3.8, 4) is 12.3 Å². The van der Waals surface area contributed by atoms with Gasteiger partial charge in [-0.2, -0.15) is 0 Å². The highest BCUT2D eigenvalue weighted by Crippen LogP contribution is 2.30. The van der Waals surface area contributed by atoms with Gasteiger partial charge in [0.2, 0.25) is 0 Å². The number of hydrogen-bond donors (Lipinski definition) is 1. The van der Waals surface area contributed by atoms with Crippen LogP contribution < -0.4 is 0 Å². The summed E-state index contributed by atoms with van der Waals surface area (Å²) in [6, 6.07) is 0. The summed E-state index contributed by atoms with van der Waals surface area (Å²) >= 11 is 0. The normalized spacial score (nSPS) is 19.4. The largest absolute Gasteiger partial charge is 0.473 e. The van der Waals surface area contributed by atoms with Crippen molar-refractivity contribution in [2.45, 2.75) is 37.7 Å². The van der Waals surface area contributed by atoms with Crippen LogP contribution in [0.15, 0.2) is 0 Å². The topological polar surface area (TPSA) is 63.6 Å². The summed E-state index contributed by atoms with van der Waals surface area (Å²) < 4.78 is 4.81. The lowest BCUT2D eigenvalue weighted by Gasteiger charge is -2.31. The standard InChI is InChI=1S/C10H12O4/c1-2-10(6-4-3-5-7-10)14-9(13)8(11)12/h1H,3-7H2,(H,11,12). The molecule has 0 heterocycles. The van der Waals surface area contributed by atoms with Gasteiger partial charge in [0, 0.05) is 0 Å². The molecule has 14 heavy (non-hydrogen) atoms. The molecule has 0 aromatic heterocycles. The Morgan fingerprint density at radius 2 is 1.86 bits per heavy atom. The fourth-order valence-electron chi connectivity index (χ4n) is 1.62. The van der Waals surface area contributed by atoms with Crippen LogP contribution in [0, 0.1) is 12.3 Å². The van der Waals surface area contributed by atoms with Gasteiger partial charge in [-0.15, -0.1) is 6.42 Å². The highest BCUT2D eigenvalue weighted by molar-refractivity contribution is 6.28. The van der Waals surface area contributed by atoms with Gasteiger partial charge < -0.3 is 9.84 Å². The molecule has 0 amide bonds. The Morgan fingerprint density at radius 1 is 1.29 bits per heavy atom. The molecule has 0 saturated heterocycles. The van der Waals surface area contributed by atoms with E-state index in [0.717, 1.165) is 19.3 Å². The molecule has 0 aromatic carbocycles. The lowest BCUT2D eigenvalue weighted by Crippen LogP contribution is -2.37. The molecule has 1 aliphatic carbocycles. The third-order valence-electron chi connectivity index (χ3n) is 2.39. The second-order valence-electron chi connectivity index (χ2n) is 3.39. The highest BCUT2D eigenvalue weighted by atomic mass is 16.6. The second kappa shape index (κ2) is 4.14. The molecule has 76 valence electrons. The number of carbonyl (C=O) groups is 2. The monoisotopic (exact) mass is 196 g/mol. The first-order chi connectivity index (χ1) is 6.59. The minimum Gasteiger partial charge on any atom is -0.473 e. The molecule has 1 fully saturated rings. The first kappa shape index (κ1) is 10.6. The smallest absolute Gasteiger partial charge is 0.418 e. The molecule has 4 heteroatoms. The number of carboxylic acids is 1. The molecule has 0 atom stereocenters. The quantitative estimate of drug-likeness (QED) is 0.385. The van der Waals surface area contributed by atoms with Crippen LogP contribution in [0.1, 0.15) is 32.1 Å². The van der Waals surface area contributed by atoms with E-state index in [4.69, 9.17) is 16.3 Å². The first-order valence-corrected chi connectivity index (χ1v) is 4.54. The van der Waals surface area contributed by atoms with E-state index in [1.807, 2.05) is 0 Å². The summed E-state index contributed by atoms with van der Waals surface area (Å²) in [5.74, 6) is -0.455. The third-order valence-corrected chi connectivity index (χ3v) is 2.39. The summed E-state index contributed by atoms with van der Waals surface area (Å²) in [6.45, 7) is 0. The van der Waals surface area contributed by atoms with Crippen molar-refractivity contribution in [1.29, 1.82) is 0 Å². The molecule has 1 rings (SSSR count). The average Bonchev–Trinajstić information content (AvgIpc) is 2.19. The van der Waals surface area contributed by atoms with Crippen LogP contribution in [0.4, 0.5) is 0 Å². The van der Waals surface area contributed by atoms with E-state index in [9.17, 15) is 9.59 Å². The predicted octanol–water partition coefficient (Wildman–Crippen LogP) is 0.950. The van der Waals surface area contributed by atoms with Crippen LogP contribution in [-0.2, 0) is 14.3 Å². The Balaban J connectivity index is 2.66. The molecule has 1 N–H and O–H groups in total. The molecule has 0 unspecified atom stereocenters. The number of terminal acetylenes is 1. The minimum absolute atomic E-state index is 0.558. The summed E-state index contributed by atoms with van der Waals surface area (Å²) in [4.78, 5) is 21.1. The Hall–Kier alpha value is -1.50. The van der Waals surface area contributed by atoms with Crippen LogP contribution in [0.2, 0.25) is 0 Å². The van der Waals surface area contributed by atoms with E-state index in [2.05, 4.69) is 5.92 Å². The zero-order valence-electron chi connectivity index (χ0n) is 7.78. The van der Waals surface area contributed by atoms with Crippen molar-refractivity contribution in [3.05, 3.63) is 0 Å². The van der Waals surface area contributed by atoms with Crippen molar-refractivity contribution in [2.75, 3.05) is 0 Å². The van der Waals surface area contributed by atoms with Crippen LogP contribution in [0.3, 0.4) is 0 Å². The Labute approximate surface area is 82.2 Å². The zero-order valence-corrected chi connectivity index (χ0v) is 7.78. The summed E-state index contributed by atoms with van der Waals surface area (Å²) in [5, 5.41) is 8.38. The van der Waals surface area contributed by atoms with Crippen molar-refractivity contribution in [1.82, 2.24) is 0 Å². The van der Waals surface area contributed by atoms with E-state index in [-0.39, 0.29) is 0 Å². The van der Waals surface area contributed by atoms with E-state index in [1.54, 1.807) is 0 Å². The SMILES string of the molecule is C#CC1(OC(=O)C(=O)O)CCCCC1. The molecular weight excluding hydrogens is 184 g/mol. The molecule has 0 bridgehead atoms. The molecule has 0 radical (unpaired) electrons. The van der Waals surface area contributed by atoms with Gasteiger partial charge in [-0.1, -0.05) is 12.3 Å². The Morgan fingerprint density at radius 3 is 2.29 bits per heavy atom. The maximum Gasteiger partial charge on any atom is 0.418 e. The number of aliphatic carboxylic acids is 1. The maximum absolute atomic E-state index is 10.9. The number of ether oxygens (including phenoxy) is 1. The van der Waals surface area contributed by atoms with Crippen molar-refractivity contribution >= 4 is 11.9 Å². The van der Waals surface area contributed by atoms with Crippen molar-refractivity contribution < 1.29 is 19.4 Å². The molecule has 0 spiro atoms. The summed E-state index contributed by atoms with van der Waals surface area (Å²) in [7, 11) is 0. The highest BCUT2D eigenvalue weighted by Gasteiger charge is 2.35. The Bertz CT molecular complexity index is 281. The van der Waals surface area contributed by atoms with Crippen molar-refractivity contribution in [2.24, 2.45) is 0 Å². The third kappa shape index (κ3) is 2.25. The molecule has 1 saturated carbocycles. The summed E-state index contributed by atoms with van der Waals surface area (Å²) in [5.41, 5.74) is -0.978. The molecule has 0 aliphatic heterocycles. The van der Waals surface area contributed by atoms with Gasteiger partial charge in [0.1, 0.15) is 0 Å². The van der Waals surface area contributed by atoms with Crippen LogP contribution in [0.25, 0.3) is 0 Å². The molecular formula is C10H12O4. The van der Waals surface area contributed by atoms with Gasteiger partial charge in [0.05, 0.1) is 0 Å². The van der Waals surface area contributed by atoms with Gasteiger partial charge >= 0.3 is 11.9 Å². The number of esters is 1. The number of carboxylic acid groups (broad SMARTS) is 1. The van der Waals surface area contributed by atoms with Gasteiger partial charge in [-0.05, 0) is 25.7 Å². The average molecular weight is 196 g/mol. The van der Waals surface area contributed by atoms with Gasteiger partial charge in [0.15, 0.2) is 5.60 Å². The second-order valence-corrected chi connectivity index (χ2v) is 3.39. The lowest BCUT2D eigenvalue weighted by atomic mass is 9.85. The maximum atomic E-state index is 10.9. The van der Waals surface area contributed by atoms with Crippen LogP contribution >= 0.6 is 0 Å². The fraction of sp³-hybridized carbons (Fsp3) is 0.600. The zero-order chi connectivity index (χ0) is 10.6. The van der Waals surface area contributed by atoms with Crippen LogP contribution in [-0.4, -0.2) is 22.6 Å². The number of hydrogen-bond acceptors (Lipinski definition) is 3. The minimum atomic E-state index is -1.59. The van der Waals surface area contributed by atoms with E-state index in [0.29, 0.717) is 12.8 Å². The van der Waals surface area contributed by atoms with Crippen LogP contribution in [0.5, 0.6) is 0 Å². The van der Waals surface area contributed by atoms with Crippen molar-refractivity contribution in [3.63, 3.8) is 0 Å². The Kier molecular flexibility index (Phi) is 3.13. The summed E-state index contributed by atoms with van der Waals surface area (Å²) in [6.07, 6.45) is 9.18. The van der Waals surface area contributed by atoms with E-state index < -0.39 is 17.5 Å². The van der Waals surface area contributed by atoms with E-state index in [1.165, 1.54) is 0 Å². The number of rotatable bonds is 1. The lowest BCUT2D eigenvalue weighted by molar-refractivity contribution is -0.172. The molecule has 4 nitrogen and oxygen atoms in total. The first-order valence-electron chi connectivity index (χ1n) is 4.54. The van der Waals surface area contributed by atoms with Gasteiger partial charge in [-0.25, -0.2) is 9.59 Å². The van der Waals surface area contributed by atoms with Gasteiger partial charge in [-0.3, -0.25) is 0 Å².